The fourth-order valence-corrected chi connectivity index (χ4v) is 2.15. The normalized spacial score (nSPS) is 11.0. The van der Waals surface area contributed by atoms with Crippen molar-refractivity contribution in [1.82, 2.24) is 4.90 Å². The smallest absolute Gasteiger partial charge is 0.150 e. The topological polar surface area (TPSA) is 27.6 Å². The van der Waals surface area contributed by atoms with Crippen molar-refractivity contribution in [1.29, 1.82) is 0 Å². The van der Waals surface area contributed by atoms with Crippen LogP contribution in [0.15, 0.2) is 35.3 Å². The molecule has 1 N–H and O–H groups in total. The predicted octanol–water partition coefficient (Wildman–Crippen LogP) is 5.28. The van der Waals surface area contributed by atoms with Crippen molar-refractivity contribution >= 4 is 35.0 Å². The maximum absolute atomic E-state index is 14.2. The van der Waals surface area contributed by atoms with Gasteiger partial charge in [-0.15, -0.1) is 0 Å². The Morgan fingerprint density at radius 3 is 2.61 bits per heavy atom. The number of aryl methyl sites for hydroxylation is 1. The Hall–Kier alpha value is -2.14. The molecule has 0 spiro atoms. The van der Waals surface area contributed by atoms with Crippen LogP contribution in [-0.4, -0.2) is 24.8 Å². The summed E-state index contributed by atoms with van der Waals surface area (Å²) in [6, 6.07) is 7.06. The van der Waals surface area contributed by atoms with E-state index in [9.17, 15) is 8.78 Å². The summed E-state index contributed by atoms with van der Waals surface area (Å²) in [4.78, 5) is 5.97. The van der Waals surface area contributed by atoms with Crippen LogP contribution >= 0.6 is 11.6 Å². The van der Waals surface area contributed by atoms with Gasteiger partial charge in [0.1, 0.15) is 11.5 Å². The average molecular weight is 338 g/mol. The monoisotopic (exact) mass is 337 g/mol. The Morgan fingerprint density at radius 2 is 1.96 bits per heavy atom. The molecule has 2 rings (SSSR count). The lowest BCUT2D eigenvalue weighted by Gasteiger charge is -2.12. The van der Waals surface area contributed by atoms with Crippen LogP contribution in [0.1, 0.15) is 12.5 Å². The van der Waals surface area contributed by atoms with E-state index in [1.54, 1.807) is 18.5 Å². The average Bonchev–Trinajstić information content (AvgIpc) is 2.47. The van der Waals surface area contributed by atoms with Gasteiger partial charge in [-0.25, -0.2) is 13.8 Å². The van der Waals surface area contributed by atoms with E-state index in [0.717, 1.165) is 12.1 Å². The molecule has 23 heavy (non-hydrogen) atoms. The number of benzene rings is 2. The number of hydrogen-bond donors (Lipinski definition) is 1. The van der Waals surface area contributed by atoms with Gasteiger partial charge in [-0.2, -0.15) is 0 Å². The molecule has 0 aliphatic heterocycles. The molecular weight excluding hydrogens is 320 g/mol. The molecule has 6 heteroatoms. The fourth-order valence-electron chi connectivity index (χ4n) is 1.92. The number of nitrogens with one attached hydrogen (secondary N) is 1. The Morgan fingerprint density at radius 1 is 1.22 bits per heavy atom. The summed E-state index contributed by atoms with van der Waals surface area (Å²) in [5, 5.41) is 3.24. The van der Waals surface area contributed by atoms with Crippen molar-refractivity contribution in [2.45, 2.75) is 13.8 Å². The van der Waals surface area contributed by atoms with E-state index in [0.29, 0.717) is 11.4 Å². The van der Waals surface area contributed by atoms with Gasteiger partial charge >= 0.3 is 0 Å². The third-order valence-corrected chi connectivity index (χ3v) is 3.55. The van der Waals surface area contributed by atoms with Gasteiger partial charge < -0.3 is 10.2 Å². The van der Waals surface area contributed by atoms with Crippen LogP contribution in [0.3, 0.4) is 0 Å². The Kier molecular flexibility index (Phi) is 5.55. The molecular formula is C17H18ClF2N3. The molecule has 0 aliphatic carbocycles. The third-order valence-electron chi connectivity index (χ3n) is 3.33. The predicted molar refractivity (Wildman–Crippen MR) is 92.3 cm³/mol. The zero-order valence-corrected chi connectivity index (χ0v) is 14.0. The highest BCUT2D eigenvalue weighted by atomic mass is 35.5. The highest BCUT2D eigenvalue weighted by Gasteiger charge is 2.08. The zero-order valence-electron chi connectivity index (χ0n) is 13.2. The molecule has 122 valence electrons. The second-order valence-electron chi connectivity index (χ2n) is 5.22. The minimum Gasteiger partial charge on any atom is -0.366 e. The lowest BCUT2D eigenvalue weighted by atomic mass is 10.1. The number of rotatable bonds is 5. The van der Waals surface area contributed by atoms with Crippen molar-refractivity contribution in [3.05, 3.63) is 52.6 Å². The van der Waals surface area contributed by atoms with Gasteiger partial charge in [-0.1, -0.05) is 11.6 Å². The summed E-state index contributed by atoms with van der Waals surface area (Å²) in [5.41, 5.74) is 2.04. The van der Waals surface area contributed by atoms with Crippen molar-refractivity contribution in [2.24, 2.45) is 4.99 Å². The van der Waals surface area contributed by atoms with Crippen LogP contribution in [0.5, 0.6) is 0 Å². The van der Waals surface area contributed by atoms with Gasteiger partial charge in [0, 0.05) is 30.0 Å². The number of nitrogens with zero attached hydrogens (tertiary/aromatic N) is 2. The highest BCUT2D eigenvalue weighted by molar-refractivity contribution is 6.30. The van der Waals surface area contributed by atoms with E-state index in [1.165, 1.54) is 18.2 Å². The minimum absolute atomic E-state index is 0.255. The first-order valence-corrected chi connectivity index (χ1v) is 7.54. The standard InChI is InChI=1S/C17H18ClF2N3/c1-4-23(3)10-21-17-5-11(2)16(9-15(17)20)22-14-7-12(18)6-13(19)8-14/h5-10,22H,4H2,1-3H3. The molecule has 0 heterocycles. The van der Waals surface area contributed by atoms with Crippen LogP contribution in [0.4, 0.5) is 25.8 Å². The van der Waals surface area contributed by atoms with E-state index in [1.807, 2.05) is 25.8 Å². The second-order valence-corrected chi connectivity index (χ2v) is 5.66. The molecule has 0 aliphatic rings. The summed E-state index contributed by atoms with van der Waals surface area (Å²) in [7, 11) is 1.86. The first-order valence-electron chi connectivity index (χ1n) is 7.16. The van der Waals surface area contributed by atoms with E-state index in [-0.39, 0.29) is 10.7 Å². The van der Waals surface area contributed by atoms with E-state index in [2.05, 4.69) is 10.3 Å². The Balaban J connectivity index is 2.27. The minimum atomic E-state index is -0.457. The molecule has 0 atom stereocenters. The van der Waals surface area contributed by atoms with Crippen LogP contribution in [0.25, 0.3) is 0 Å². The van der Waals surface area contributed by atoms with Gasteiger partial charge in [0.25, 0.3) is 0 Å². The van der Waals surface area contributed by atoms with E-state index >= 15 is 0 Å². The molecule has 0 fully saturated rings. The van der Waals surface area contributed by atoms with Crippen LogP contribution in [0, 0.1) is 18.6 Å². The number of halogens is 3. The number of aliphatic imine (C=N–C) groups is 1. The first-order chi connectivity index (χ1) is 10.9. The maximum atomic E-state index is 14.2. The van der Waals surface area contributed by atoms with Crippen molar-refractivity contribution in [3.8, 4) is 0 Å². The van der Waals surface area contributed by atoms with Crippen LogP contribution < -0.4 is 5.32 Å². The van der Waals surface area contributed by atoms with Crippen molar-refractivity contribution < 1.29 is 8.78 Å². The summed E-state index contributed by atoms with van der Waals surface area (Å²) in [5.74, 6) is -0.914. The second kappa shape index (κ2) is 7.42. The zero-order chi connectivity index (χ0) is 17.0. The SMILES string of the molecule is CCN(C)C=Nc1cc(C)c(Nc2cc(F)cc(Cl)c2)cc1F. The molecule has 0 aromatic heterocycles. The molecule has 0 radical (unpaired) electrons. The van der Waals surface area contributed by atoms with Gasteiger partial charge in [-0.3, -0.25) is 0 Å². The third kappa shape index (κ3) is 4.66. The molecule has 2 aromatic carbocycles. The fraction of sp³-hybridized carbons (Fsp3) is 0.235. The molecule has 3 nitrogen and oxygen atoms in total. The summed E-state index contributed by atoms with van der Waals surface area (Å²) >= 11 is 5.82. The summed E-state index contributed by atoms with van der Waals surface area (Å²) in [6.45, 7) is 4.58. The largest absolute Gasteiger partial charge is 0.366 e. The van der Waals surface area contributed by atoms with Crippen molar-refractivity contribution in [3.63, 3.8) is 0 Å². The lowest BCUT2D eigenvalue weighted by Crippen LogP contribution is -2.14. The quantitative estimate of drug-likeness (QED) is 0.593. The van der Waals surface area contributed by atoms with E-state index < -0.39 is 11.6 Å². The molecule has 0 unspecified atom stereocenters. The lowest BCUT2D eigenvalue weighted by molar-refractivity contribution is 0.551. The van der Waals surface area contributed by atoms with Gasteiger partial charge in [0.15, 0.2) is 5.82 Å². The number of hydrogen-bond acceptors (Lipinski definition) is 2. The number of anilines is 2. The first kappa shape index (κ1) is 17.2. The van der Waals surface area contributed by atoms with Gasteiger partial charge in [0.2, 0.25) is 0 Å². The maximum Gasteiger partial charge on any atom is 0.150 e. The molecule has 0 amide bonds. The van der Waals surface area contributed by atoms with Crippen molar-refractivity contribution in [2.75, 3.05) is 18.9 Å². The molecule has 0 saturated heterocycles. The van der Waals surface area contributed by atoms with Gasteiger partial charge in [0.05, 0.1) is 6.34 Å². The summed E-state index contributed by atoms with van der Waals surface area (Å²) < 4.78 is 27.5. The summed E-state index contributed by atoms with van der Waals surface area (Å²) in [6.07, 6.45) is 1.58. The van der Waals surface area contributed by atoms with Crippen LogP contribution in [0.2, 0.25) is 5.02 Å². The van der Waals surface area contributed by atoms with Crippen LogP contribution in [-0.2, 0) is 0 Å². The Labute approximate surface area is 139 Å². The highest BCUT2D eigenvalue weighted by Crippen LogP contribution is 2.29. The molecule has 2 aromatic rings. The Bertz CT molecular complexity index is 712. The van der Waals surface area contributed by atoms with Gasteiger partial charge in [-0.05, 0) is 49.7 Å². The molecule has 0 bridgehead atoms. The molecule has 0 saturated carbocycles. The van der Waals surface area contributed by atoms with E-state index in [4.69, 9.17) is 11.6 Å².